The molecule has 0 bridgehead atoms. The fourth-order valence-corrected chi connectivity index (χ4v) is 7.36. The molecule has 0 aromatic heterocycles. The molecule has 0 unspecified atom stereocenters. The number of rotatable bonds is 1. The molecule has 3 aliphatic carbocycles. The Morgan fingerprint density at radius 2 is 1.88 bits per heavy atom. The van der Waals surface area contributed by atoms with E-state index >= 15 is 0 Å². The number of ether oxygens (including phenoxy) is 2. The van der Waals surface area contributed by atoms with E-state index in [0.29, 0.717) is 24.5 Å². The first-order valence-electron chi connectivity index (χ1n) is 9.68. The van der Waals surface area contributed by atoms with Gasteiger partial charge in [0.05, 0.1) is 6.10 Å². The molecular formula is C20H30O4. The lowest BCUT2D eigenvalue weighted by Gasteiger charge is -2.57. The normalized spacial score (nSPS) is 60.0. The minimum atomic E-state index is -0.522. The fraction of sp³-hybridized carbons (Fsp3) is 0.950. The van der Waals surface area contributed by atoms with Crippen LogP contribution in [0.2, 0.25) is 0 Å². The van der Waals surface area contributed by atoms with Crippen LogP contribution in [0.1, 0.15) is 66.7 Å². The third kappa shape index (κ3) is 1.30. The predicted octanol–water partition coefficient (Wildman–Crippen LogP) is 2.86. The summed E-state index contributed by atoms with van der Waals surface area (Å²) in [6, 6.07) is 0. The molecule has 0 amide bonds. The van der Waals surface area contributed by atoms with E-state index in [4.69, 9.17) is 9.47 Å². The Kier molecular flexibility index (Phi) is 2.59. The zero-order chi connectivity index (χ0) is 17.3. The molecular weight excluding hydrogens is 304 g/mol. The summed E-state index contributed by atoms with van der Waals surface area (Å²) in [4.78, 5) is 12.6. The molecule has 3 saturated carbocycles. The number of ketones is 1. The van der Waals surface area contributed by atoms with Gasteiger partial charge in [-0.25, -0.2) is 0 Å². The Morgan fingerprint density at radius 1 is 1.17 bits per heavy atom. The van der Waals surface area contributed by atoms with Crippen molar-refractivity contribution in [1.29, 1.82) is 0 Å². The second-order valence-electron chi connectivity index (χ2n) is 10.2. The molecule has 0 radical (unpaired) electrons. The molecule has 4 heteroatoms. The minimum absolute atomic E-state index is 0.0345. The standard InChI is InChI=1S/C20H30O4/c1-11(2)18-8-9-19-17(5)7-6-13(21)16(3,4)12(17)10-14(22)20(19,24-19)15(18)23-18/h11-12,14-15,22H,6-10H2,1-5H3/t12-,14-,15-,17-,18+,19-,20-/m0/s1. The summed E-state index contributed by atoms with van der Waals surface area (Å²) < 4.78 is 12.8. The first kappa shape index (κ1) is 15.8. The molecule has 0 aromatic carbocycles. The van der Waals surface area contributed by atoms with Crippen LogP contribution in [0.3, 0.4) is 0 Å². The molecule has 2 saturated heterocycles. The zero-order valence-corrected chi connectivity index (χ0v) is 15.5. The topological polar surface area (TPSA) is 62.4 Å². The van der Waals surface area contributed by atoms with Crippen LogP contribution in [0, 0.1) is 22.7 Å². The van der Waals surface area contributed by atoms with Crippen molar-refractivity contribution in [3.8, 4) is 0 Å². The van der Waals surface area contributed by atoms with Crippen LogP contribution in [-0.4, -0.2) is 39.9 Å². The second kappa shape index (κ2) is 3.94. The Hall–Kier alpha value is -0.450. The van der Waals surface area contributed by atoms with Gasteiger partial charge in [-0.2, -0.15) is 0 Å². The molecule has 1 N–H and O–H groups in total. The second-order valence-corrected chi connectivity index (χ2v) is 10.2. The number of aliphatic hydroxyl groups is 1. The number of carbonyl (C=O) groups excluding carboxylic acids is 1. The molecule has 5 aliphatic rings. The van der Waals surface area contributed by atoms with Crippen LogP contribution >= 0.6 is 0 Å². The summed E-state index contributed by atoms with van der Waals surface area (Å²) in [6.45, 7) is 10.9. The van der Waals surface area contributed by atoms with Gasteiger partial charge >= 0.3 is 0 Å². The van der Waals surface area contributed by atoms with Gasteiger partial charge in [0.15, 0.2) is 5.60 Å². The van der Waals surface area contributed by atoms with Gasteiger partial charge in [0.25, 0.3) is 0 Å². The van der Waals surface area contributed by atoms with Gasteiger partial charge in [0, 0.05) is 17.3 Å². The molecule has 2 heterocycles. The average Bonchev–Trinajstić information content (AvgIpc) is 3.36. The van der Waals surface area contributed by atoms with Crippen LogP contribution in [-0.2, 0) is 14.3 Å². The summed E-state index contributed by atoms with van der Waals surface area (Å²) in [5.41, 5.74) is -1.32. The van der Waals surface area contributed by atoms with Crippen molar-refractivity contribution in [2.45, 2.75) is 95.7 Å². The van der Waals surface area contributed by atoms with Crippen LogP contribution in [0.15, 0.2) is 0 Å². The number of hydrogen-bond donors (Lipinski definition) is 1. The SMILES string of the molecule is CC(C)[C@]12CC[C@@]34O[C@]3([C@H]1O2)[C@@H](O)C[C@H]1C(C)(C)C(=O)CC[C@@]14C. The van der Waals surface area contributed by atoms with Crippen molar-refractivity contribution in [1.82, 2.24) is 0 Å². The molecule has 5 rings (SSSR count). The Morgan fingerprint density at radius 3 is 2.54 bits per heavy atom. The zero-order valence-electron chi connectivity index (χ0n) is 15.5. The van der Waals surface area contributed by atoms with E-state index in [2.05, 4.69) is 34.6 Å². The summed E-state index contributed by atoms with van der Waals surface area (Å²) >= 11 is 0. The third-order valence-corrected chi connectivity index (χ3v) is 9.00. The number of carbonyl (C=O) groups is 1. The highest BCUT2D eigenvalue weighted by Crippen LogP contribution is 2.81. The minimum Gasteiger partial charge on any atom is -0.390 e. The molecule has 134 valence electrons. The van der Waals surface area contributed by atoms with Crippen LogP contribution in [0.5, 0.6) is 0 Å². The van der Waals surface area contributed by atoms with Crippen LogP contribution < -0.4 is 0 Å². The summed E-state index contributed by atoms with van der Waals surface area (Å²) in [6.07, 6.45) is 3.66. The largest absolute Gasteiger partial charge is 0.390 e. The maximum absolute atomic E-state index is 12.6. The maximum atomic E-state index is 12.6. The fourth-order valence-electron chi connectivity index (χ4n) is 7.36. The van der Waals surface area contributed by atoms with Crippen molar-refractivity contribution in [2.24, 2.45) is 22.7 Å². The molecule has 7 atom stereocenters. The van der Waals surface area contributed by atoms with E-state index in [1.807, 2.05) is 0 Å². The van der Waals surface area contributed by atoms with Crippen molar-refractivity contribution in [3.63, 3.8) is 0 Å². The third-order valence-electron chi connectivity index (χ3n) is 9.00. The van der Waals surface area contributed by atoms with Crippen LogP contribution in [0.4, 0.5) is 0 Å². The number of hydrogen-bond acceptors (Lipinski definition) is 4. The number of aliphatic hydroxyl groups excluding tert-OH is 1. The van der Waals surface area contributed by atoms with E-state index in [-0.39, 0.29) is 34.1 Å². The van der Waals surface area contributed by atoms with E-state index in [9.17, 15) is 9.90 Å². The quantitative estimate of drug-likeness (QED) is 0.749. The van der Waals surface area contributed by atoms with Crippen molar-refractivity contribution < 1.29 is 19.4 Å². The first-order chi connectivity index (χ1) is 11.1. The van der Waals surface area contributed by atoms with E-state index in [0.717, 1.165) is 19.3 Å². The van der Waals surface area contributed by atoms with Gasteiger partial charge in [-0.15, -0.1) is 0 Å². The monoisotopic (exact) mass is 334 g/mol. The lowest BCUT2D eigenvalue weighted by molar-refractivity contribution is -0.152. The van der Waals surface area contributed by atoms with E-state index < -0.39 is 11.7 Å². The first-order valence-corrected chi connectivity index (χ1v) is 9.68. The molecule has 4 nitrogen and oxygen atoms in total. The summed E-state index contributed by atoms with van der Waals surface area (Å²) in [5, 5.41) is 11.1. The van der Waals surface area contributed by atoms with Crippen molar-refractivity contribution in [2.75, 3.05) is 0 Å². The van der Waals surface area contributed by atoms with Gasteiger partial charge in [-0.05, 0) is 37.5 Å². The number of epoxide rings is 2. The maximum Gasteiger partial charge on any atom is 0.153 e. The molecule has 0 aromatic rings. The van der Waals surface area contributed by atoms with Crippen molar-refractivity contribution >= 4 is 5.78 Å². The molecule has 24 heavy (non-hydrogen) atoms. The molecule has 5 fully saturated rings. The number of Topliss-reactive ketones (excluding diaryl/α,β-unsaturated/α-hetero) is 1. The lowest BCUT2D eigenvalue weighted by Crippen LogP contribution is -2.66. The van der Waals surface area contributed by atoms with Gasteiger partial charge in [-0.1, -0.05) is 34.6 Å². The summed E-state index contributed by atoms with van der Waals surface area (Å²) in [7, 11) is 0. The van der Waals surface area contributed by atoms with Crippen molar-refractivity contribution in [3.05, 3.63) is 0 Å². The van der Waals surface area contributed by atoms with Gasteiger partial charge in [0.2, 0.25) is 0 Å². The number of fused-ring (bicyclic) bond motifs is 2. The highest BCUT2D eigenvalue weighted by atomic mass is 16.7. The summed E-state index contributed by atoms with van der Waals surface area (Å²) in [5.74, 6) is 0.972. The van der Waals surface area contributed by atoms with Gasteiger partial charge in [0.1, 0.15) is 23.1 Å². The lowest BCUT2D eigenvalue weighted by atomic mass is 9.43. The van der Waals surface area contributed by atoms with Gasteiger partial charge < -0.3 is 14.6 Å². The van der Waals surface area contributed by atoms with Crippen LogP contribution in [0.25, 0.3) is 0 Å². The highest BCUT2D eigenvalue weighted by molar-refractivity contribution is 5.85. The predicted molar refractivity (Wildman–Crippen MR) is 88.5 cm³/mol. The Bertz CT molecular complexity index is 642. The van der Waals surface area contributed by atoms with E-state index in [1.165, 1.54) is 0 Å². The Balaban J connectivity index is 1.60. The smallest absolute Gasteiger partial charge is 0.153 e. The average molecular weight is 334 g/mol. The van der Waals surface area contributed by atoms with Gasteiger partial charge in [-0.3, -0.25) is 4.79 Å². The molecule has 2 aliphatic heterocycles. The highest BCUT2D eigenvalue weighted by Gasteiger charge is 2.94. The van der Waals surface area contributed by atoms with E-state index in [1.54, 1.807) is 0 Å². The molecule has 0 spiro atoms. The Labute approximate surface area is 144 Å².